The summed E-state index contributed by atoms with van der Waals surface area (Å²) in [5, 5.41) is 4.63. The van der Waals surface area contributed by atoms with Gasteiger partial charge in [0.25, 0.3) is 5.91 Å². The van der Waals surface area contributed by atoms with Gasteiger partial charge in [-0.3, -0.25) is 14.4 Å². The number of nitrogens with zero attached hydrogens (tertiary/aromatic N) is 5. The second kappa shape index (κ2) is 8.38. The van der Waals surface area contributed by atoms with Gasteiger partial charge in [-0.2, -0.15) is 18.3 Å². The molecule has 196 valence electrons. The van der Waals surface area contributed by atoms with Crippen LogP contribution in [0.25, 0.3) is 10.9 Å². The predicted molar refractivity (Wildman–Crippen MR) is 127 cm³/mol. The van der Waals surface area contributed by atoms with E-state index in [1.165, 1.54) is 27.9 Å². The van der Waals surface area contributed by atoms with Crippen molar-refractivity contribution in [2.45, 2.75) is 31.9 Å². The average Bonchev–Trinajstić information content (AvgIpc) is 3.57. The highest BCUT2D eigenvalue weighted by molar-refractivity contribution is 6.09. The molecule has 2 atom stereocenters. The summed E-state index contributed by atoms with van der Waals surface area (Å²) in [6, 6.07) is 3.70. The van der Waals surface area contributed by atoms with Crippen molar-refractivity contribution in [1.82, 2.24) is 19.7 Å². The maximum Gasteiger partial charge on any atom is 0.433 e. The van der Waals surface area contributed by atoms with E-state index in [1.54, 1.807) is 13.2 Å². The number of hydrogen-bond donors (Lipinski definition) is 1. The number of carbonyl (C=O) groups is 1. The van der Waals surface area contributed by atoms with Gasteiger partial charge in [0.05, 0.1) is 35.7 Å². The Kier molecular flexibility index (Phi) is 5.31. The molecule has 9 nitrogen and oxygen atoms in total. The number of carbonyl (C=O) groups excluding carboxylic acids is 1. The Morgan fingerprint density at radius 1 is 1.24 bits per heavy atom. The topological polar surface area (TPSA) is 108 Å². The average molecular weight is 528 g/mol. The molecule has 4 aromatic rings. The van der Waals surface area contributed by atoms with E-state index in [0.29, 0.717) is 16.6 Å². The van der Waals surface area contributed by atoms with Crippen LogP contribution in [0.1, 0.15) is 51.8 Å². The molecule has 13 heteroatoms. The second-order valence-corrected chi connectivity index (χ2v) is 9.15. The van der Waals surface area contributed by atoms with E-state index in [4.69, 9.17) is 15.2 Å². The lowest BCUT2D eigenvalue weighted by Crippen LogP contribution is -2.36. The third-order valence-electron chi connectivity index (χ3n) is 6.78. The van der Waals surface area contributed by atoms with Gasteiger partial charge < -0.3 is 15.2 Å². The second-order valence-electron chi connectivity index (χ2n) is 9.15. The molecule has 2 aliphatic rings. The number of nitrogen functional groups attached to an aromatic ring is 1. The van der Waals surface area contributed by atoms with Gasteiger partial charge in [0.2, 0.25) is 5.88 Å². The summed E-state index contributed by atoms with van der Waals surface area (Å²) in [6.45, 7) is 1.87. The molecule has 5 heterocycles. The van der Waals surface area contributed by atoms with Crippen molar-refractivity contribution in [1.29, 1.82) is 0 Å². The van der Waals surface area contributed by atoms with Crippen molar-refractivity contribution in [3.8, 4) is 5.88 Å². The van der Waals surface area contributed by atoms with Gasteiger partial charge in [-0.05, 0) is 30.7 Å². The lowest BCUT2D eigenvalue weighted by atomic mass is 9.99. The largest absolute Gasteiger partial charge is 0.475 e. The van der Waals surface area contributed by atoms with E-state index < -0.39 is 29.6 Å². The molecule has 0 fully saturated rings. The fourth-order valence-corrected chi connectivity index (χ4v) is 4.99. The number of benzene rings is 1. The molecular weight excluding hydrogens is 508 g/mol. The predicted octanol–water partition coefficient (Wildman–Crippen LogP) is 4.48. The number of rotatable bonds is 3. The van der Waals surface area contributed by atoms with Gasteiger partial charge >= 0.3 is 6.18 Å². The number of aryl methyl sites for hydroxylation is 1. The van der Waals surface area contributed by atoms with Crippen LogP contribution in [0.5, 0.6) is 5.88 Å². The number of nitrogens with two attached hydrogens (primary N) is 1. The zero-order chi connectivity index (χ0) is 26.9. The molecule has 0 radical (unpaired) electrons. The first-order valence-corrected chi connectivity index (χ1v) is 11.6. The van der Waals surface area contributed by atoms with E-state index >= 15 is 4.39 Å². The maximum atomic E-state index is 15.4. The zero-order valence-corrected chi connectivity index (χ0v) is 20.1. The summed E-state index contributed by atoms with van der Waals surface area (Å²) in [6.07, 6.45) is -2.02. The molecule has 0 spiro atoms. The number of hydrogen-bond acceptors (Lipinski definition) is 7. The SMILES string of the molecule is C[C@H]1OCc2c1c(N)nc1cc(F)c(C(=O)N(c3cnn(C)c3)[C@@H]3COc4nc(C(F)(F)F)ccc43)cc21. The van der Waals surface area contributed by atoms with E-state index in [-0.39, 0.29) is 47.7 Å². The van der Waals surface area contributed by atoms with Crippen molar-refractivity contribution in [3.05, 3.63) is 70.4 Å². The van der Waals surface area contributed by atoms with Crippen molar-refractivity contribution < 1.29 is 31.8 Å². The van der Waals surface area contributed by atoms with Crippen LogP contribution in [0.15, 0.2) is 36.7 Å². The van der Waals surface area contributed by atoms with Crippen LogP contribution >= 0.6 is 0 Å². The zero-order valence-electron chi connectivity index (χ0n) is 20.1. The number of aromatic nitrogens is 4. The van der Waals surface area contributed by atoms with Crippen molar-refractivity contribution >= 4 is 28.3 Å². The minimum Gasteiger partial charge on any atom is -0.475 e. The number of pyridine rings is 2. The number of fused-ring (bicyclic) bond motifs is 4. The van der Waals surface area contributed by atoms with E-state index in [0.717, 1.165) is 17.7 Å². The number of halogens is 4. The van der Waals surface area contributed by atoms with E-state index in [1.807, 2.05) is 6.92 Å². The molecule has 1 amide bonds. The number of ether oxygens (including phenoxy) is 2. The van der Waals surface area contributed by atoms with Crippen LogP contribution in [0, 0.1) is 5.82 Å². The minimum absolute atomic E-state index is 0.182. The molecule has 2 N–H and O–H groups in total. The fourth-order valence-electron chi connectivity index (χ4n) is 4.99. The van der Waals surface area contributed by atoms with Gasteiger partial charge in [-0.15, -0.1) is 0 Å². The van der Waals surface area contributed by atoms with Gasteiger partial charge in [0.1, 0.15) is 30.0 Å². The van der Waals surface area contributed by atoms with Crippen molar-refractivity contribution in [2.75, 3.05) is 17.2 Å². The van der Waals surface area contributed by atoms with Crippen LogP contribution in [-0.2, 0) is 24.6 Å². The third kappa shape index (κ3) is 3.72. The highest BCUT2D eigenvalue weighted by Crippen LogP contribution is 2.42. The van der Waals surface area contributed by atoms with Crippen molar-refractivity contribution in [2.24, 2.45) is 7.05 Å². The number of amides is 1. The Morgan fingerprint density at radius 3 is 2.74 bits per heavy atom. The Bertz CT molecular complexity index is 1620. The molecule has 0 aliphatic carbocycles. The van der Waals surface area contributed by atoms with Crippen LogP contribution in [0.4, 0.5) is 29.1 Å². The molecule has 1 aromatic carbocycles. The van der Waals surface area contributed by atoms with Crippen LogP contribution in [-0.4, -0.2) is 32.3 Å². The Morgan fingerprint density at radius 2 is 2.03 bits per heavy atom. The fraction of sp³-hybridized carbons (Fsp3) is 0.280. The quantitative estimate of drug-likeness (QED) is 0.391. The summed E-state index contributed by atoms with van der Waals surface area (Å²) in [5.74, 6) is -1.58. The molecule has 0 bridgehead atoms. The Hall–Kier alpha value is -4.26. The number of anilines is 2. The Labute approximate surface area is 212 Å². The molecule has 38 heavy (non-hydrogen) atoms. The summed E-state index contributed by atoms with van der Waals surface area (Å²) in [7, 11) is 1.64. The summed E-state index contributed by atoms with van der Waals surface area (Å²) >= 11 is 0. The van der Waals surface area contributed by atoms with Gasteiger partial charge in [0, 0.05) is 35.8 Å². The lowest BCUT2D eigenvalue weighted by Gasteiger charge is -2.27. The summed E-state index contributed by atoms with van der Waals surface area (Å²) in [4.78, 5) is 23.1. The molecular formula is C25H20F4N6O3. The molecule has 3 aromatic heterocycles. The van der Waals surface area contributed by atoms with Crippen LogP contribution in [0.3, 0.4) is 0 Å². The molecule has 0 unspecified atom stereocenters. The molecule has 0 saturated carbocycles. The van der Waals surface area contributed by atoms with E-state index in [2.05, 4.69) is 15.1 Å². The highest BCUT2D eigenvalue weighted by Gasteiger charge is 2.40. The van der Waals surface area contributed by atoms with Crippen molar-refractivity contribution in [3.63, 3.8) is 0 Å². The van der Waals surface area contributed by atoms with Gasteiger partial charge in [-0.25, -0.2) is 14.4 Å². The molecule has 0 saturated heterocycles. The Balaban J connectivity index is 1.48. The standard InChI is InChI=1S/C25H20F4N6O3/c1-11-21-16(9-37-11)14-5-15(17(26)6-18(14)32-22(21)30)24(36)35(12-7-31-34(2)8-12)19-10-38-23-13(19)3-4-20(33-23)25(27,28)29/h3-8,11,19H,9-10H2,1-2H3,(H2,30,32)/t11-,19-/m1/s1. The van der Waals surface area contributed by atoms with Crippen LogP contribution in [0.2, 0.25) is 0 Å². The lowest BCUT2D eigenvalue weighted by molar-refractivity contribution is -0.141. The first-order valence-electron chi connectivity index (χ1n) is 11.6. The molecule has 2 aliphatic heterocycles. The van der Waals surface area contributed by atoms with Crippen LogP contribution < -0.4 is 15.4 Å². The third-order valence-corrected chi connectivity index (χ3v) is 6.78. The molecule has 6 rings (SSSR count). The summed E-state index contributed by atoms with van der Waals surface area (Å²) < 4.78 is 67.6. The minimum atomic E-state index is -4.66. The highest BCUT2D eigenvalue weighted by atomic mass is 19.4. The first kappa shape index (κ1) is 24.1. The maximum absolute atomic E-state index is 15.4. The van der Waals surface area contributed by atoms with E-state index in [9.17, 15) is 18.0 Å². The summed E-state index contributed by atoms with van der Waals surface area (Å²) in [5.41, 5.74) is 6.95. The number of alkyl halides is 3. The monoisotopic (exact) mass is 528 g/mol. The first-order chi connectivity index (χ1) is 18.0. The smallest absolute Gasteiger partial charge is 0.433 e. The van der Waals surface area contributed by atoms with Gasteiger partial charge in [-0.1, -0.05) is 0 Å². The normalized spacial score (nSPS) is 18.4. The van der Waals surface area contributed by atoms with Gasteiger partial charge in [0.15, 0.2) is 0 Å².